The van der Waals surface area contributed by atoms with Crippen molar-refractivity contribution in [1.29, 1.82) is 0 Å². The molecule has 0 radical (unpaired) electrons. The molecule has 2 aromatic rings. The molecule has 0 amide bonds. The van der Waals surface area contributed by atoms with Gasteiger partial charge in [0.25, 0.3) is 0 Å². The van der Waals surface area contributed by atoms with Crippen molar-refractivity contribution < 1.29 is 0 Å². The van der Waals surface area contributed by atoms with Crippen LogP contribution >= 0.6 is 11.6 Å². The van der Waals surface area contributed by atoms with Crippen molar-refractivity contribution in [2.24, 2.45) is 0 Å². The second-order valence-corrected chi connectivity index (χ2v) is 5.53. The van der Waals surface area contributed by atoms with Gasteiger partial charge in [-0.1, -0.05) is 36.7 Å². The van der Waals surface area contributed by atoms with Crippen molar-refractivity contribution in [2.75, 3.05) is 11.6 Å². The summed E-state index contributed by atoms with van der Waals surface area (Å²) in [5.74, 6) is 0. The molecule has 0 spiro atoms. The Morgan fingerprint density at radius 2 is 2.10 bits per heavy atom. The molecule has 0 unspecified atom stereocenters. The molecule has 1 N–H and O–H groups in total. The monoisotopic (exact) mass is 299 g/mol. The third-order valence-electron chi connectivity index (χ3n) is 3.72. The van der Waals surface area contributed by atoms with E-state index < -0.39 is 0 Å². The Hall–Kier alpha value is -2.00. The van der Waals surface area contributed by atoms with Crippen LogP contribution < -0.4 is 10.4 Å². The maximum atomic E-state index is 6.29. The zero-order valence-corrected chi connectivity index (χ0v) is 12.8. The highest BCUT2D eigenvalue weighted by Gasteiger charge is 2.22. The van der Waals surface area contributed by atoms with Crippen molar-refractivity contribution in [3.63, 3.8) is 0 Å². The van der Waals surface area contributed by atoms with Gasteiger partial charge >= 0.3 is 0 Å². The van der Waals surface area contributed by atoms with E-state index in [0.29, 0.717) is 0 Å². The van der Waals surface area contributed by atoms with Gasteiger partial charge in [-0.15, -0.1) is 0 Å². The molecule has 1 aliphatic rings. The van der Waals surface area contributed by atoms with Crippen LogP contribution in [-0.2, 0) is 6.42 Å². The number of pyridine rings is 1. The van der Waals surface area contributed by atoms with Gasteiger partial charge in [0.15, 0.2) is 0 Å². The van der Waals surface area contributed by atoms with Crippen LogP contribution in [0.25, 0.3) is 0 Å². The Labute approximate surface area is 130 Å². The lowest BCUT2D eigenvalue weighted by Crippen LogP contribution is -2.32. The van der Waals surface area contributed by atoms with Crippen LogP contribution in [0.3, 0.4) is 0 Å². The molecule has 0 atom stereocenters. The average molecular weight is 300 g/mol. The Morgan fingerprint density at radius 1 is 1.24 bits per heavy atom. The summed E-state index contributed by atoms with van der Waals surface area (Å²) in [5.41, 5.74) is 8.40. The van der Waals surface area contributed by atoms with Gasteiger partial charge in [-0.05, 0) is 35.8 Å². The predicted octanol–water partition coefficient (Wildman–Crippen LogP) is 3.97. The second-order valence-electron chi connectivity index (χ2n) is 5.12. The SMILES string of the molecule is CCC1=C(Cc2cccnc2)NN(c2ccccc2Cl)C1. The molecule has 3 rings (SSSR count). The summed E-state index contributed by atoms with van der Waals surface area (Å²) in [6, 6.07) is 12.0. The van der Waals surface area contributed by atoms with Gasteiger partial charge in [0.2, 0.25) is 0 Å². The molecule has 0 bridgehead atoms. The van der Waals surface area contributed by atoms with Crippen molar-refractivity contribution in [3.8, 4) is 0 Å². The first-order valence-electron chi connectivity index (χ1n) is 7.16. The van der Waals surface area contributed by atoms with E-state index >= 15 is 0 Å². The lowest BCUT2D eigenvalue weighted by molar-refractivity contribution is 0.783. The average Bonchev–Trinajstić information content (AvgIpc) is 2.91. The van der Waals surface area contributed by atoms with Gasteiger partial charge in [-0.3, -0.25) is 9.99 Å². The summed E-state index contributed by atoms with van der Waals surface area (Å²) in [6.07, 6.45) is 5.62. The second kappa shape index (κ2) is 6.19. The largest absolute Gasteiger partial charge is 0.302 e. The summed E-state index contributed by atoms with van der Waals surface area (Å²) in [5, 5.41) is 2.88. The minimum atomic E-state index is 0.767. The van der Waals surface area contributed by atoms with E-state index in [9.17, 15) is 0 Å². The highest BCUT2D eigenvalue weighted by molar-refractivity contribution is 6.33. The van der Waals surface area contributed by atoms with Crippen molar-refractivity contribution in [2.45, 2.75) is 19.8 Å². The maximum Gasteiger partial charge on any atom is 0.0761 e. The van der Waals surface area contributed by atoms with E-state index in [-0.39, 0.29) is 0 Å². The van der Waals surface area contributed by atoms with Gasteiger partial charge in [0.1, 0.15) is 0 Å². The molecule has 3 nitrogen and oxygen atoms in total. The number of hydrogen-bond donors (Lipinski definition) is 1. The lowest BCUT2D eigenvalue weighted by Gasteiger charge is -2.21. The number of anilines is 1. The number of aromatic nitrogens is 1. The number of rotatable bonds is 4. The van der Waals surface area contributed by atoms with Gasteiger partial charge < -0.3 is 5.43 Å². The number of nitrogens with zero attached hydrogens (tertiary/aromatic N) is 2. The van der Waals surface area contributed by atoms with E-state index in [1.54, 1.807) is 6.20 Å². The highest BCUT2D eigenvalue weighted by Crippen LogP contribution is 2.29. The topological polar surface area (TPSA) is 28.2 Å². The standard InChI is InChI=1S/C17H18ClN3/c1-2-14-12-21(17-8-4-3-7-15(17)18)20-16(14)10-13-6-5-9-19-11-13/h3-9,11,20H,2,10,12H2,1H3. The predicted molar refractivity (Wildman–Crippen MR) is 87.2 cm³/mol. The zero-order chi connectivity index (χ0) is 14.7. The van der Waals surface area contributed by atoms with Crippen LogP contribution in [0.5, 0.6) is 0 Å². The zero-order valence-electron chi connectivity index (χ0n) is 12.0. The fourth-order valence-corrected chi connectivity index (χ4v) is 2.82. The maximum absolute atomic E-state index is 6.29. The minimum absolute atomic E-state index is 0.767. The third kappa shape index (κ3) is 3.03. The quantitative estimate of drug-likeness (QED) is 0.926. The Morgan fingerprint density at radius 3 is 2.81 bits per heavy atom. The first kappa shape index (κ1) is 14.0. The molecule has 0 saturated carbocycles. The summed E-state index contributed by atoms with van der Waals surface area (Å²) in [4.78, 5) is 4.18. The van der Waals surface area contributed by atoms with Crippen molar-refractivity contribution in [3.05, 3.63) is 70.6 Å². The molecular weight excluding hydrogens is 282 g/mol. The number of allylic oxidation sites excluding steroid dienone is 1. The van der Waals surface area contributed by atoms with Gasteiger partial charge in [0, 0.05) is 24.5 Å². The molecule has 2 heterocycles. The van der Waals surface area contributed by atoms with Gasteiger partial charge in [-0.2, -0.15) is 0 Å². The number of benzene rings is 1. The molecule has 1 aromatic carbocycles. The van der Waals surface area contributed by atoms with E-state index in [1.165, 1.54) is 16.8 Å². The van der Waals surface area contributed by atoms with Gasteiger partial charge in [0.05, 0.1) is 17.3 Å². The molecule has 21 heavy (non-hydrogen) atoms. The molecule has 0 aliphatic carbocycles. The molecule has 1 aliphatic heterocycles. The summed E-state index contributed by atoms with van der Waals surface area (Å²) in [6.45, 7) is 3.06. The first-order chi connectivity index (χ1) is 10.3. The molecule has 0 saturated heterocycles. The van der Waals surface area contributed by atoms with Crippen LogP contribution in [0.2, 0.25) is 5.02 Å². The van der Waals surface area contributed by atoms with Crippen LogP contribution in [-0.4, -0.2) is 11.5 Å². The van der Waals surface area contributed by atoms with E-state index in [1.807, 2.05) is 36.5 Å². The fourth-order valence-electron chi connectivity index (χ4n) is 2.58. The molecule has 4 heteroatoms. The summed E-state index contributed by atoms with van der Waals surface area (Å²) < 4.78 is 0. The summed E-state index contributed by atoms with van der Waals surface area (Å²) in [7, 11) is 0. The number of para-hydroxylation sites is 1. The fraction of sp³-hybridized carbons (Fsp3) is 0.235. The molecular formula is C17H18ClN3. The van der Waals surface area contributed by atoms with Crippen LogP contribution in [0.15, 0.2) is 60.1 Å². The lowest BCUT2D eigenvalue weighted by atomic mass is 10.1. The third-order valence-corrected chi connectivity index (χ3v) is 4.04. The van der Waals surface area contributed by atoms with Crippen LogP contribution in [0, 0.1) is 0 Å². The van der Waals surface area contributed by atoms with Crippen LogP contribution in [0.1, 0.15) is 18.9 Å². The Bertz CT molecular complexity index is 652. The Kier molecular flexibility index (Phi) is 4.11. The number of hydrazine groups is 1. The normalized spacial score (nSPS) is 14.5. The van der Waals surface area contributed by atoms with E-state index in [4.69, 9.17) is 11.6 Å². The highest BCUT2D eigenvalue weighted by atomic mass is 35.5. The smallest absolute Gasteiger partial charge is 0.0761 e. The van der Waals surface area contributed by atoms with E-state index in [2.05, 4.69) is 28.4 Å². The number of nitrogens with one attached hydrogen (secondary N) is 1. The Balaban J connectivity index is 1.80. The molecule has 0 fully saturated rings. The van der Waals surface area contributed by atoms with Crippen molar-refractivity contribution >= 4 is 17.3 Å². The summed E-state index contributed by atoms with van der Waals surface area (Å²) >= 11 is 6.29. The number of halogens is 1. The van der Waals surface area contributed by atoms with Crippen molar-refractivity contribution in [1.82, 2.24) is 10.4 Å². The van der Waals surface area contributed by atoms with E-state index in [0.717, 1.165) is 30.1 Å². The van der Waals surface area contributed by atoms with Crippen LogP contribution in [0.4, 0.5) is 5.69 Å². The number of hydrogen-bond acceptors (Lipinski definition) is 3. The molecule has 1 aromatic heterocycles. The van der Waals surface area contributed by atoms with Gasteiger partial charge in [-0.25, -0.2) is 0 Å². The first-order valence-corrected chi connectivity index (χ1v) is 7.54. The minimum Gasteiger partial charge on any atom is -0.302 e. The molecule has 108 valence electrons.